The molecule has 2 atom stereocenters. The van der Waals surface area contributed by atoms with E-state index in [1.54, 1.807) is 6.07 Å². The monoisotopic (exact) mass is 251 g/mol. The van der Waals surface area contributed by atoms with Crippen molar-refractivity contribution in [3.8, 4) is 0 Å². The van der Waals surface area contributed by atoms with Crippen LogP contribution in [0.5, 0.6) is 0 Å². The SMILES string of the molecule is Cc1ccc([N+](=O)[O-])c(NC(C)C2CCCO2)n1. The summed E-state index contributed by atoms with van der Waals surface area (Å²) in [5.41, 5.74) is 0.757. The van der Waals surface area contributed by atoms with Crippen molar-refractivity contribution in [1.82, 2.24) is 4.98 Å². The fourth-order valence-corrected chi connectivity index (χ4v) is 2.11. The van der Waals surface area contributed by atoms with Crippen molar-refractivity contribution >= 4 is 11.5 Å². The first-order valence-electron chi connectivity index (χ1n) is 6.08. The molecule has 1 aromatic heterocycles. The van der Waals surface area contributed by atoms with E-state index in [9.17, 15) is 10.1 Å². The molecular weight excluding hydrogens is 234 g/mol. The van der Waals surface area contributed by atoms with Crippen molar-refractivity contribution in [3.05, 3.63) is 27.9 Å². The van der Waals surface area contributed by atoms with Crippen LogP contribution in [-0.2, 0) is 4.74 Å². The number of aromatic nitrogens is 1. The van der Waals surface area contributed by atoms with Gasteiger partial charge in [-0.2, -0.15) is 0 Å². The van der Waals surface area contributed by atoms with Gasteiger partial charge in [0.1, 0.15) is 0 Å². The van der Waals surface area contributed by atoms with Crippen LogP contribution in [0.25, 0.3) is 0 Å². The van der Waals surface area contributed by atoms with Crippen LogP contribution in [0.15, 0.2) is 12.1 Å². The summed E-state index contributed by atoms with van der Waals surface area (Å²) in [5, 5.41) is 14.0. The van der Waals surface area contributed by atoms with E-state index in [-0.39, 0.29) is 17.8 Å². The van der Waals surface area contributed by atoms with Crippen molar-refractivity contribution in [2.75, 3.05) is 11.9 Å². The molecule has 0 saturated carbocycles. The molecule has 0 aromatic carbocycles. The zero-order valence-corrected chi connectivity index (χ0v) is 10.5. The molecule has 1 aromatic rings. The number of ether oxygens (including phenoxy) is 1. The van der Waals surface area contributed by atoms with Gasteiger partial charge in [-0.1, -0.05) is 0 Å². The van der Waals surface area contributed by atoms with Crippen LogP contribution in [0.1, 0.15) is 25.5 Å². The summed E-state index contributed by atoms with van der Waals surface area (Å²) in [6.07, 6.45) is 2.13. The average molecular weight is 251 g/mol. The molecule has 0 radical (unpaired) electrons. The number of pyridine rings is 1. The van der Waals surface area contributed by atoms with Crippen LogP contribution in [0.4, 0.5) is 11.5 Å². The van der Waals surface area contributed by atoms with Crippen molar-refractivity contribution in [2.24, 2.45) is 0 Å². The Labute approximate surface area is 106 Å². The predicted octanol–water partition coefficient (Wildman–Crippen LogP) is 2.28. The molecule has 6 nitrogen and oxygen atoms in total. The lowest BCUT2D eigenvalue weighted by atomic mass is 10.1. The van der Waals surface area contributed by atoms with Crippen LogP contribution in [0, 0.1) is 17.0 Å². The number of nitro groups is 1. The minimum absolute atomic E-state index is 0.00504. The predicted molar refractivity (Wildman–Crippen MR) is 67.7 cm³/mol. The second-order valence-corrected chi connectivity index (χ2v) is 4.56. The number of rotatable bonds is 4. The Morgan fingerprint density at radius 2 is 2.39 bits per heavy atom. The third kappa shape index (κ3) is 2.76. The summed E-state index contributed by atoms with van der Waals surface area (Å²) in [4.78, 5) is 14.7. The molecule has 1 fully saturated rings. The molecular formula is C12H17N3O3. The number of hydrogen-bond acceptors (Lipinski definition) is 5. The molecule has 1 aliphatic heterocycles. The fraction of sp³-hybridized carbons (Fsp3) is 0.583. The summed E-state index contributed by atoms with van der Waals surface area (Å²) in [5.74, 6) is 0.322. The second kappa shape index (κ2) is 5.30. The van der Waals surface area contributed by atoms with Crippen LogP contribution < -0.4 is 5.32 Å². The highest BCUT2D eigenvalue weighted by molar-refractivity contribution is 5.56. The second-order valence-electron chi connectivity index (χ2n) is 4.56. The summed E-state index contributed by atoms with van der Waals surface area (Å²) in [6.45, 7) is 4.54. The highest BCUT2D eigenvalue weighted by atomic mass is 16.6. The van der Waals surface area contributed by atoms with Crippen molar-refractivity contribution in [1.29, 1.82) is 0 Å². The molecule has 0 aliphatic carbocycles. The Morgan fingerprint density at radius 3 is 3.00 bits per heavy atom. The molecule has 98 valence electrons. The molecule has 1 aliphatic rings. The van der Waals surface area contributed by atoms with E-state index in [4.69, 9.17) is 4.74 Å². The highest BCUT2D eigenvalue weighted by Crippen LogP contribution is 2.25. The standard InChI is InChI=1S/C12H17N3O3/c1-8-5-6-10(15(16)17)12(13-8)14-9(2)11-4-3-7-18-11/h5-6,9,11H,3-4,7H2,1-2H3,(H,13,14). The summed E-state index contributed by atoms with van der Waals surface area (Å²) in [6, 6.07) is 3.13. The lowest BCUT2D eigenvalue weighted by Crippen LogP contribution is -2.30. The Balaban J connectivity index is 2.16. The maximum Gasteiger partial charge on any atom is 0.311 e. The molecule has 0 spiro atoms. The number of nitrogens with one attached hydrogen (secondary N) is 1. The Hall–Kier alpha value is -1.69. The van der Waals surface area contributed by atoms with Gasteiger partial charge in [-0.3, -0.25) is 10.1 Å². The van der Waals surface area contributed by atoms with Crippen LogP contribution in [-0.4, -0.2) is 28.7 Å². The Morgan fingerprint density at radius 1 is 1.61 bits per heavy atom. The molecule has 0 bridgehead atoms. The first-order valence-corrected chi connectivity index (χ1v) is 6.08. The lowest BCUT2D eigenvalue weighted by Gasteiger charge is -2.20. The van der Waals surface area contributed by atoms with Crippen molar-refractivity contribution < 1.29 is 9.66 Å². The Bertz CT molecular complexity index is 444. The summed E-state index contributed by atoms with van der Waals surface area (Å²) >= 11 is 0. The van der Waals surface area contributed by atoms with Gasteiger partial charge in [0, 0.05) is 18.4 Å². The first-order chi connectivity index (χ1) is 8.58. The number of anilines is 1. The summed E-state index contributed by atoms with van der Waals surface area (Å²) < 4.78 is 5.56. The van der Waals surface area contributed by atoms with Gasteiger partial charge in [0.15, 0.2) is 0 Å². The molecule has 6 heteroatoms. The van der Waals surface area contributed by atoms with Crippen LogP contribution in [0.2, 0.25) is 0 Å². The highest BCUT2D eigenvalue weighted by Gasteiger charge is 2.25. The van der Waals surface area contributed by atoms with Gasteiger partial charge in [-0.05, 0) is 32.8 Å². The maximum absolute atomic E-state index is 10.9. The van der Waals surface area contributed by atoms with E-state index in [0.29, 0.717) is 5.82 Å². The van der Waals surface area contributed by atoms with Crippen molar-refractivity contribution in [2.45, 2.75) is 38.8 Å². The smallest absolute Gasteiger partial charge is 0.311 e. The number of aryl methyl sites for hydroxylation is 1. The molecule has 18 heavy (non-hydrogen) atoms. The lowest BCUT2D eigenvalue weighted by molar-refractivity contribution is -0.384. The van der Waals surface area contributed by atoms with Gasteiger partial charge in [0.25, 0.3) is 0 Å². The van der Waals surface area contributed by atoms with Gasteiger partial charge in [0.2, 0.25) is 5.82 Å². The largest absolute Gasteiger partial charge is 0.376 e. The van der Waals surface area contributed by atoms with E-state index in [0.717, 1.165) is 25.1 Å². The minimum Gasteiger partial charge on any atom is -0.376 e. The molecule has 2 rings (SSSR count). The normalized spacial score (nSPS) is 20.7. The average Bonchev–Trinajstić information content (AvgIpc) is 2.81. The third-order valence-electron chi connectivity index (χ3n) is 3.10. The number of hydrogen-bond donors (Lipinski definition) is 1. The molecule has 1 saturated heterocycles. The van der Waals surface area contributed by atoms with Gasteiger partial charge < -0.3 is 10.1 Å². The van der Waals surface area contributed by atoms with E-state index in [1.165, 1.54) is 6.07 Å². The van der Waals surface area contributed by atoms with E-state index >= 15 is 0 Å². The zero-order valence-electron chi connectivity index (χ0n) is 10.5. The van der Waals surface area contributed by atoms with E-state index < -0.39 is 4.92 Å². The van der Waals surface area contributed by atoms with Gasteiger partial charge in [-0.25, -0.2) is 4.98 Å². The number of nitrogens with zero attached hydrogens (tertiary/aromatic N) is 2. The van der Waals surface area contributed by atoms with E-state index in [2.05, 4.69) is 10.3 Å². The first kappa shape index (κ1) is 12.8. The van der Waals surface area contributed by atoms with Crippen LogP contribution >= 0.6 is 0 Å². The minimum atomic E-state index is -0.420. The van der Waals surface area contributed by atoms with Gasteiger partial charge in [-0.15, -0.1) is 0 Å². The Kier molecular flexibility index (Phi) is 3.76. The fourth-order valence-electron chi connectivity index (χ4n) is 2.11. The molecule has 2 unspecified atom stereocenters. The summed E-state index contributed by atoms with van der Waals surface area (Å²) in [7, 11) is 0. The molecule has 1 N–H and O–H groups in total. The van der Waals surface area contributed by atoms with E-state index in [1.807, 2.05) is 13.8 Å². The molecule has 0 amide bonds. The van der Waals surface area contributed by atoms with Gasteiger partial charge in [0.05, 0.1) is 17.1 Å². The molecule has 2 heterocycles. The van der Waals surface area contributed by atoms with Crippen LogP contribution in [0.3, 0.4) is 0 Å². The zero-order chi connectivity index (χ0) is 13.1. The maximum atomic E-state index is 10.9. The third-order valence-corrected chi connectivity index (χ3v) is 3.10. The quantitative estimate of drug-likeness (QED) is 0.656. The van der Waals surface area contributed by atoms with Crippen molar-refractivity contribution in [3.63, 3.8) is 0 Å². The van der Waals surface area contributed by atoms with Gasteiger partial charge >= 0.3 is 5.69 Å². The topological polar surface area (TPSA) is 77.3 Å².